The Morgan fingerprint density at radius 1 is 1.41 bits per heavy atom. The molecule has 1 unspecified atom stereocenters. The van der Waals surface area contributed by atoms with Gasteiger partial charge in [-0.25, -0.2) is 4.98 Å². The molecule has 0 spiro atoms. The Bertz CT molecular complexity index is 745. The molecule has 2 heterocycles. The molecule has 2 atom stereocenters. The number of likely N-dealkylation sites (tertiary alicyclic amines) is 1. The Hall–Kier alpha value is -1.71. The van der Waals surface area contributed by atoms with Crippen molar-refractivity contribution < 1.29 is 19.7 Å². The monoisotopic (exact) mass is 441 g/mol. The van der Waals surface area contributed by atoms with Crippen LogP contribution in [0.5, 0.6) is 5.75 Å². The summed E-state index contributed by atoms with van der Waals surface area (Å²) in [4.78, 5) is 21.0. The summed E-state index contributed by atoms with van der Waals surface area (Å²) in [7, 11) is 1.82. The van der Waals surface area contributed by atoms with Crippen molar-refractivity contribution in [2.24, 2.45) is 0 Å². The fraction of sp³-hybridized carbons (Fsp3) is 0.500. The molecule has 1 amide bonds. The Kier molecular flexibility index (Phi) is 9.32. The fourth-order valence-electron chi connectivity index (χ4n) is 3.39. The van der Waals surface area contributed by atoms with Crippen LogP contribution in [-0.4, -0.2) is 76.9 Å². The molecule has 9 heteroatoms. The normalized spacial score (nSPS) is 17.6. The molecule has 0 saturated carbocycles. The van der Waals surface area contributed by atoms with E-state index in [9.17, 15) is 9.90 Å². The molecule has 7 nitrogen and oxygen atoms in total. The number of aliphatic hydroxyl groups excluding tert-OH is 2. The molecule has 0 bridgehead atoms. The number of hydrogen-bond acceptors (Lipinski definition) is 7. The van der Waals surface area contributed by atoms with Crippen molar-refractivity contribution in [1.82, 2.24) is 14.8 Å². The van der Waals surface area contributed by atoms with Gasteiger partial charge < -0.3 is 19.8 Å². The average Bonchev–Trinajstić information content (AvgIpc) is 3.36. The maximum atomic E-state index is 12.8. The van der Waals surface area contributed by atoms with E-state index in [0.717, 1.165) is 23.5 Å². The molecule has 0 aliphatic carbocycles. The van der Waals surface area contributed by atoms with Gasteiger partial charge in [-0.3, -0.25) is 9.69 Å². The van der Waals surface area contributed by atoms with Gasteiger partial charge in [-0.05, 0) is 24.1 Å². The zero-order valence-electron chi connectivity index (χ0n) is 16.4. The highest BCUT2D eigenvalue weighted by molar-refractivity contribution is 7.09. The number of β-amino-alcohol motifs (C(OH)–C–C–N with tert-alkyl or cyclic N) is 1. The number of aliphatic hydroxyl groups is 2. The number of carbonyl (C=O) groups is 1. The van der Waals surface area contributed by atoms with Crippen molar-refractivity contribution in [1.29, 1.82) is 0 Å². The van der Waals surface area contributed by atoms with Gasteiger partial charge in [-0.1, -0.05) is 12.1 Å². The van der Waals surface area contributed by atoms with Crippen LogP contribution in [0.2, 0.25) is 0 Å². The number of hydrogen-bond donors (Lipinski definition) is 2. The predicted molar refractivity (Wildman–Crippen MR) is 115 cm³/mol. The predicted octanol–water partition coefficient (Wildman–Crippen LogP) is 1.74. The number of rotatable bonds is 9. The van der Waals surface area contributed by atoms with Gasteiger partial charge in [0, 0.05) is 38.3 Å². The molecule has 1 fully saturated rings. The zero-order chi connectivity index (χ0) is 19.9. The summed E-state index contributed by atoms with van der Waals surface area (Å²) in [6.45, 7) is 2.33. The molecule has 160 valence electrons. The molecule has 2 aromatic rings. The molecule has 29 heavy (non-hydrogen) atoms. The smallest absolute Gasteiger partial charge is 0.229 e. The molecule has 1 aromatic heterocycles. The third-order valence-electron chi connectivity index (χ3n) is 4.95. The lowest BCUT2D eigenvalue weighted by atomic mass is 10.0. The first-order valence-corrected chi connectivity index (χ1v) is 10.3. The fourth-order valence-corrected chi connectivity index (χ4v) is 4.00. The Labute approximate surface area is 181 Å². The van der Waals surface area contributed by atoms with Crippen LogP contribution in [0, 0.1) is 0 Å². The van der Waals surface area contributed by atoms with Gasteiger partial charge in [-0.2, -0.15) is 0 Å². The molecule has 1 aliphatic rings. The lowest BCUT2D eigenvalue weighted by molar-refractivity contribution is -0.131. The third kappa shape index (κ3) is 6.65. The van der Waals surface area contributed by atoms with Gasteiger partial charge in [0.05, 0.1) is 25.2 Å². The highest BCUT2D eigenvalue weighted by Crippen LogP contribution is 2.26. The molecular formula is C20H28ClN3O4S. The van der Waals surface area contributed by atoms with Crippen LogP contribution in [0.15, 0.2) is 35.8 Å². The summed E-state index contributed by atoms with van der Waals surface area (Å²) >= 11 is 1.48. The van der Waals surface area contributed by atoms with Gasteiger partial charge in [0.1, 0.15) is 17.4 Å². The van der Waals surface area contributed by atoms with Crippen LogP contribution in [-0.2, 0) is 11.2 Å². The van der Waals surface area contributed by atoms with Crippen LogP contribution in [0.1, 0.15) is 23.0 Å². The number of aromatic nitrogens is 1. The number of nitrogens with zero attached hydrogens (tertiary/aromatic N) is 3. The van der Waals surface area contributed by atoms with Crippen molar-refractivity contribution >= 4 is 29.7 Å². The Morgan fingerprint density at radius 2 is 2.17 bits per heavy atom. The summed E-state index contributed by atoms with van der Waals surface area (Å²) in [6.07, 6.45) is 2.45. The molecule has 1 saturated heterocycles. The van der Waals surface area contributed by atoms with Crippen LogP contribution in [0.4, 0.5) is 0 Å². The van der Waals surface area contributed by atoms with Gasteiger partial charge in [-0.15, -0.1) is 23.7 Å². The van der Waals surface area contributed by atoms with E-state index in [-0.39, 0.29) is 50.1 Å². The molecule has 1 aromatic carbocycles. The number of ether oxygens (including phenoxy) is 1. The average molecular weight is 442 g/mol. The number of carbonyl (C=O) groups excluding carboxylic acids is 1. The van der Waals surface area contributed by atoms with E-state index in [1.54, 1.807) is 11.1 Å². The second-order valence-electron chi connectivity index (χ2n) is 6.97. The third-order valence-corrected chi connectivity index (χ3v) is 5.73. The van der Waals surface area contributed by atoms with E-state index < -0.39 is 0 Å². The first-order valence-electron chi connectivity index (χ1n) is 9.45. The number of benzene rings is 1. The van der Waals surface area contributed by atoms with Crippen molar-refractivity contribution in [3.8, 4) is 5.75 Å². The van der Waals surface area contributed by atoms with Crippen LogP contribution >= 0.6 is 23.7 Å². The minimum atomic E-state index is -0.300. The van der Waals surface area contributed by atoms with E-state index in [0.29, 0.717) is 18.8 Å². The first kappa shape index (κ1) is 23.6. The van der Waals surface area contributed by atoms with Crippen molar-refractivity contribution in [2.45, 2.75) is 25.0 Å². The second kappa shape index (κ2) is 11.5. The Morgan fingerprint density at radius 3 is 2.76 bits per heavy atom. The van der Waals surface area contributed by atoms with E-state index in [2.05, 4.69) is 9.88 Å². The second-order valence-corrected chi connectivity index (χ2v) is 7.95. The molecule has 1 aliphatic heterocycles. The van der Waals surface area contributed by atoms with Crippen molar-refractivity contribution in [3.63, 3.8) is 0 Å². The first-order chi connectivity index (χ1) is 13.6. The number of amides is 1. The van der Waals surface area contributed by atoms with Gasteiger partial charge in [0.15, 0.2) is 0 Å². The van der Waals surface area contributed by atoms with Crippen LogP contribution < -0.4 is 4.74 Å². The Balaban J connectivity index is 0.00000300. The number of halogens is 1. The van der Waals surface area contributed by atoms with Crippen LogP contribution in [0.25, 0.3) is 0 Å². The highest BCUT2D eigenvalue weighted by atomic mass is 35.5. The topological polar surface area (TPSA) is 86.1 Å². The molecule has 3 rings (SSSR count). The van der Waals surface area contributed by atoms with E-state index in [1.807, 2.05) is 36.7 Å². The summed E-state index contributed by atoms with van der Waals surface area (Å²) < 4.78 is 5.43. The van der Waals surface area contributed by atoms with E-state index in [4.69, 9.17) is 9.84 Å². The lowest BCUT2D eigenvalue weighted by Gasteiger charge is -2.32. The number of thiazole rings is 1. The zero-order valence-corrected chi connectivity index (χ0v) is 18.1. The molecular weight excluding hydrogens is 414 g/mol. The minimum absolute atomic E-state index is 0. The summed E-state index contributed by atoms with van der Waals surface area (Å²) in [6, 6.07) is 7.49. The SMILES string of the molecule is CN(C(=O)Cc1nccs1)C(CN1CC[C@H](O)C1)c1ccc(OCCO)cc1.Cl. The standard InChI is InChI=1S/C20H27N3O4S.ClH/c1-22(20(26)12-19-21-7-11-28-19)18(14-23-8-6-16(25)13-23)15-2-4-17(5-3-15)27-10-9-24;/h2-5,7,11,16,18,24-25H,6,8-10,12-14H2,1H3;1H/t16-,18?;/m0./s1. The van der Waals surface area contributed by atoms with E-state index in [1.165, 1.54) is 11.3 Å². The quantitative estimate of drug-likeness (QED) is 0.616. The lowest BCUT2D eigenvalue weighted by Crippen LogP contribution is -2.39. The number of likely N-dealkylation sites (N-methyl/N-ethyl adjacent to an activating group) is 1. The highest BCUT2D eigenvalue weighted by Gasteiger charge is 2.28. The van der Waals surface area contributed by atoms with Crippen LogP contribution in [0.3, 0.4) is 0 Å². The van der Waals surface area contributed by atoms with Gasteiger partial charge in [0.25, 0.3) is 0 Å². The largest absolute Gasteiger partial charge is 0.491 e. The van der Waals surface area contributed by atoms with E-state index >= 15 is 0 Å². The van der Waals surface area contributed by atoms with Gasteiger partial charge in [0.2, 0.25) is 5.91 Å². The summed E-state index contributed by atoms with van der Waals surface area (Å²) in [5, 5.41) is 21.4. The molecule has 0 radical (unpaired) electrons. The minimum Gasteiger partial charge on any atom is -0.491 e. The summed E-state index contributed by atoms with van der Waals surface area (Å²) in [5.41, 5.74) is 1.01. The maximum absolute atomic E-state index is 12.8. The summed E-state index contributed by atoms with van der Waals surface area (Å²) in [5.74, 6) is 0.699. The van der Waals surface area contributed by atoms with Crippen molar-refractivity contribution in [3.05, 3.63) is 46.4 Å². The van der Waals surface area contributed by atoms with Gasteiger partial charge >= 0.3 is 0 Å². The van der Waals surface area contributed by atoms with Crippen molar-refractivity contribution in [2.75, 3.05) is 39.9 Å². The molecule has 2 N–H and O–H groups in total. The maximum Gasteiger partial charge on any atom is 0.229 e.